The van der Waals surface area contributed by atoms with Crippen molar-refractivity contribution in [2.45, 2.75) is 0 Å². The molecule has 3 aromatic rings. The van der Waals surface area contributed by atoms with E-state index in [-0.39, 0.29) is 0 Å². The molecule has 0 bridgehead atoms. The van der Waals surface area contributed by atoms with E-state index in [2.05, 4.69) is 22.1 Å². The van der Waals surface area contributed by atoms with Crippen LogP contribution in [-0.2, 0) is 0 Å². The number of nitrogens with zero attached hydrogens (tertiary/aromatic N) is 2. The van der Waals surface area contributed by atoms with Crippen molar-refractivity contribution in [3.63, 3.8) is 0 Å². The van der Waals surface area contributed by atoms with Crippen LogP contribution in [0.5, 0.6) is 0 Å². The molecular formula is C14H9N2. The van der Waals surface area contributed by atoms with Crippen LogP contribution in [0.2, 0.25) is 0 Å². The molecule has 2 heterocycles. The van der Waals surface area contributed by atoms with Crippen LogP contribution in [0.3, 0.4) is 0 Å². The Morgan fingerprint density at radius 2 is 1.88 bits per heavy atom. The molecule has 3 rings (SSSR count). The van der Waals surface area contributed by atoms with E-state index >= 15 is 0 Å². The molecule has 0 aliphatic carbocycles. The predicted octanol–water partition coefficient (Wildman–Crippen LogP) is 3.10. The number of rotatable bonds is 1. The first-order valence-corrected chi connectivity index (χ1v) is 5.10. The molecule has 0 fully saturated rings. The largest absolute Gasteiger partial charge is 0.265 e. The third-order valence-electron chi connectivity index (χ3n) is 2.54. The van der Waals surface area contributed by atoms with Gasteiger partial charge in [-0.3, -0.25) is 9.97 Å². The minimum Gasteiger partial charge on any atom is -0.265 e. The number of benzene rings is 1. The van der Waals surface area contributed by atoms with Crippen molar-refractivity contribution >= 4 is 10.9 Å². The van der Waals surface area contributed by atoms with E-state index in [9.17, 15) is 0 Å². The Bertz CT molecular complexity index is 618. The molecule has 0 unspecified atom stereocenters. The Morgan fingerprint density at radius 1 is 1.00 bits per heavy atom. The van der Waals surface area contributed by atoms with E-state index in [4.69, 9.17) is 0 Å². The van der Waals surface area contributed by atoms with E-state index in [1.165, 1.54) is 0 Å². The van der Waals surface area contributed by atoms with Gasteiger partial charge in [-0.05, 0) is 42.0 Å². The number of fused-ring (bicyclic) bond motifs is 1. The maximum Gasteiger partial charge on any atom is 0.0702 e. The summed E-state index contributed by atoms with van der Waals surface area (Å²) in [6.07, 6.45) is 5.46. The topological polar surface area (TPSA) is 25.8 Å². The van der Waals surface area contributed by atoms with Crippen LogP contribution < -0.4 is 0 Å². The average Bonchev–Trinajstić information content (AvgIpc) is 2.39. The number of pyridine rings is 2. The number of hydrogen-bond donors (Lipinski definition) is 0. The highest BCUT2D eigenvalue weighted by atomic mass is 14.7. The van der Waals surface area contributed by atoms with E-state index in [1.54, 1.807) is 12.4 Å². The molecule has 16 heavy (non-hydrogen) atoms. The first-order valence-electron chi connectivity index (χ1n) is 5.10. The minimum absolute atomic E-state index is 0.997. The lowest BCUT2D eigenvalue weighted by Gasteiger charge is -2.02. The second-order valence-electron chi connectivity index (χ2n) is 3.58. The van der Waals surface area contributed by atoms with Gasteiger partial charge in [0.05, 0.1) is 5.52 Å². The maximum atomic E-state index is 4.42. The second kappa shape index (κ2) is 3.74. The van der Waals surface area contributed by atoms with Crippen LogP contribution in [0, 0.1) is 6.07 Å². The molecule has 0 aliphatic rings. The van der Waals surface area contributed by atoms with Crippen molar-refractivity contribution in [1.29, 1.82) is 0 Å². The quantitative estimate of drug-likeness (QED) is 0.610. The second-order valence-corrected chi connectivity index (χ2v) is 3.58. The van der Waals surface area contributed by atoms with Crippen molar-refractivity contribution < 1.29 is 0 Å². The zero-order valence-corrected chi connectivity index (χ0v) is 8.59. The zero-order chi connectivity index (χ0) is 10.8. The van der Waals surface area contributed by atoms with Gasteiger partial charge in [0, 0.05) is 29.5 Å². The summed E-state index contributed by atoms with van der Waals surface area (Å²) in [4.78, 5) is 8.42. The molecule has 0 saturated heterocycles. The highest BCUT2D eigenvalue weighted by molar-refractivity contribution is 5.83. The summed E-state index contributed by atoms with van der Waals surface area (Å²) in [5, 5.41) is 1.11. The summed E-state index contributed by atoms with van der Waals surface area (Å²) in [5.74, 6) is 0. The Morgan fingerprint density at radius 3 is 2.75 bits per heavy atom. The van der Waals surface area contributed by atoms with Crippen molar-refractivity contribution in [3.8, 4) is 11.1 Å². The van der Waals surface area contributed by atoms with E-state index < -0.39 is 0 Å². The molecule has 0 aliphatic heterocycles. The molecule has 0 spiro atoms. The Labute approximate surface area is 93.6 Å². The molecular weight excluding hydrogens is 196 g/mol. The molecule has 75 valence electrons. The van der Waals surface area contributed by atoms with E-state index in [1.807, 2.05) is 36.5 Å². The lowest BCUT2D eigenvalue weighted by Crippen LogP contribution is -1.82. The predicted molar refractivity (Wildman–Crippen MR) is 63.8 cm³/mol. The molecule has 1 radical (unpaired) electrons. The van der Waals surface area contributed by atoms with Gasteiger partial charge in [0.2, 0.25) is 0 Å². The van der Waals surface area contributed by atoms with Gasteiger partial charge in [-0.15, -0.1) is 0 Å². The molecule has 2 nitrogen and oxygen atoms in total. The van der Waals surface area contributed by atoms with Crippen LogP contribution in [0.15, 0.2) is 55.0 Å². The van der Waals surface area contributed by atoms with Gasteiger partial charge in [0.25, 0.3) is 0 Å². The lowest BCUT2D eigenvalue weighted by atomic mass is 10.1. The average molecular weight is 205 g/mol. The maximum absolute atomic E-state index is 4.42. The fourth-order valence-corrected chi connectivity index (χ4v) is 1.71. The van der Waals surface area contributed by atoms with Gasteiger partial charge >= 0.3 is 0 Å². The van der Waals surface area contributed by atoms with Gasteiger partial charge in [0.1, 0.15) is 0 Å². The SMILES string of the molecule is [c]1ccc2ncc(-c3ccncc3)cc2c1. The fourth-order valence-electron chi connectivity index (χ4n) is 1.71. The normalized spacial score (nSPS) is 10.5. The Hall–Kier alpha value is -2.22. The Balaban J connectivity index is 2.19. The third-order valence-corrected chi connectivity index (χ3v) is 2.54. The van der Waals surface area contributed by atoms with E-state index in [0.717, 1.165) is 22.0 Å². The molecule has 2 heteroatoms. The summed E-state index contributed by atoms with van der Waals surface area (Å²) < 4.78 is 0. The van der Waals surface area contributed by atoms with Crippen LogP contribution in [-0.4, -0.2) is 9.97 Å². The molecule has 0 atom stereocenters. The van der Waals surface area contributed by atoms with Crippen LogP contribution >= 0.6 is 0 Å². The first-order chi connectivity index (χ1) is 7.93. The lowest BCUT2D eigenvalue weighted by molar-refractivity contribution is 1.32. The summed E-state index contributed by atoms with van der Waals surface area (Å²) in [5.41, 5.74) is 3.24. The molecule has 1 aromatic carbocycles. The van der Waals surface area contributed by atoms with Crippen LogP contribution in [0.1, 0.15) is 0 Å². The summed E-state index contributed by atoms with van der Waals surface area (Å²) in [7, 11) is 0. The standard InChI is InChI=1S/C14H9N2/c1-2-4-14-12(3-1)9-13(10-16-14)11-5-7-15-8-6-11/h2-10H. The van der Waals surface area contributed by atoms with Gasteiger partial charge in [-0.2, -0.15) is 0 Å². The Kier molecular flexibility index (Phi) is 2.11. The highest BCUT2D eigenvalue weighted by Gasteiger charge is 1.99. The van der Waals surface area contributed by atoms with Crippen molar-refractivity contribution in [3.05, 3.63) is 61.1 Å². The fraction of sp³-hybridized carbons (Fsp3) is 0. The molecule has 0 amide bonds. The van der Waals surface area contributed by atoms with E-state index in [0.29, 0.717) is 0 Å². The van der Waals surface area contributed by atoms with Gasteiger partial charge < -0.3 is 0 Å². The highest BCUT2D eigenvalue weighted by Crippen LogP contribution is 2.21. The summed E-state index contributed by atoms with van der Waals surface area (Å²) >= 11 is 0. The molecule has 0 N–H and O–H groups in total. The zero-order valence-electron chi connectivity index (χ0n) is 8.59. The molecule has 2 aromatic heterocycles. The van der Waals surface area contributed by atoms with Crippen LogP contribution in [0.4, 0.5) is 0 Å². The van der Waals surface area contributed by atoms with Gasteiger partial charge in [-0.1, -0.05) is 6.07 Å². The van der Waals surface area contributed by atoms with Crippen molar-refractivity contribution in [1.82, 2.24) is 9.97 Å². The minimum atomic E-state index is 0.997. The monoisotopic (exact) mass is 205 g/mol. The summed E-state index contributed by atoms with van der Waals surface area (Å²) in [6.45, 7) is 0. The van der Waals surface area contributed by atoms with Crippen molar-refractivity contribution in [2.24, 2.45) is 0 Å². The van der Waals surface area contributed by atoms with Gasteiger partial charge in [0.15, 0.2) is 0 Å². The van der Waals surface area contributed by atoms with Gasteiger partial charge in [-0.25, -0.2) is 0 Å². The smallest absolute Gasteiger partial charge is 0.0702 e. The number of aromatic nitrogens is 2. The third kappa shape index (κ3) is 1.54. The molecule has 0 saturated carbocycles. The number of hydrogen-bond acceptors (Lipinski definition) is 2. The van der Waals surface area contributed by atoms with Crippen LogP contribution in [0.25, 0.3) is 22.0 Å². The van der Waals surface area contributed by atoms with Crippen molar-refractivity contribution in [2.75, 3.05) is 0 Å². The first kappa shape index (κ1) is 9.04. The summed E-state index contributed by atoms with van der Waals surface area (Å²) in [6, 6.07) is 14.9.